The Morgan fingerprint density at radius 3 is 2.88 bits per heavy atom. The van der Waals surface area contributed by atoms with Crippen LogP contribution in [0.4, 0.5) is 0 Å². The van der Waals surface area contributed by atoms with E-state index in [9.17, 15) is 4.79 Å². The van der Waals surface area contributed by atoms with Gasteiger partial charge in [0.1, 0.15) is 0 Å². The van der Waals surface area contributed by atoms with Gasteiger partial charge < -0.3 is 5.73 Å². The normalized spacial score (nSPS) is 10.3. The molecule has 0 aliphatic rings. The molecule has 0 aliphatic carbocycles. The van der Waals surface area contributed by atoms with Crippen molar-refractivity contribution >= 4 is 5.91 Å². The highest BCUT2D eigenvalue weighted by atomic mass is 16.1. The third kappa shape index (κ3) is 1.67. The van der Waals surface area contributed by atoms with Crippen LogP contribution in [0.25, 0.3) is 5.82 Å². The number of amides is 1. The summed E-state index contributed by atoms with van der Waals surface area (Å²) >= 11 is 0. The number of carbonyl (C=O) groups is 1. The van der Waals surface area contributed by atoms with E-state index in [1.165, 1.54) is 6.20 Å². The molecule has 0 spiro atoms. The van der Waals surface area contributed by atoms with E-state index in [1.54, 1.807) is 10.9 Å². The van der Waals surface area contributed by atoms with Crippen LogP contribution in [0.2, 0.25) is 0 Å². The summed E-state index contributed by atoms with van der Waals surface area (Å²) in [6, 6.07) is 5.53. The first-order chi connectivity index (χ1) is 7.74. The molecule has 2 aromatic rings. The molecule has 0 fully saturated rings. The molecule has 0 saturated carbocycles. The second-order valence-electron chi connectivity index (χ2n) is 3.32. The molecule has 0 atom stereocenters. The van der Waals surface area contributed by atoms with Gasteiger partial charge in [0.25, 0.3) is 5.91 Å². The van der Waals surface area contributed by atoms with Crippen molar-refractivity contribution in [3.8, 4) is 5.82 Å². The van der Waals surface area contributed by atoms with Crippen LogP contribution in [-0.4, -0.2) is 20.7 Å². The Kier molecular flexibility index (Phi) is 2.68. The molecule has 2 aromatic heterocycles. The number of nitrogens with two attached hydrogens (primary N) is 1. The number of pyridine rings is 1. The number of nitrogens with zero attached hydrogens (tertiary/aromatic N) is 3. The Morgan fingerprint density at radius 2 is 2.31 bits per heavy atom. The highest BCUT2D eigenvalue weighted by Crippen LogP contribution is 2.13. The molecule has 16 heavy (non-hydrogen) atoms. The van der Waals surface area contributed by atoms with Gasteiger partial charge in [0.15, 0.2) is 5.82 Å². The summed E-state index contributed by atoms with van der Waals surface area (Å²) in [5.74, 6) is 0.228. The number of carbonyl (C=O) groups excluding carboxylic acids is 1. The molecule has 5 nitrogen and oxygen atoms in total. The molecular formula is C11H12N4O. The zero-order chi connectivity index (χ0) is 11.5. The molecule has 0 aromatic carbocycles. The van der Waals surface area contributed by atoms with Crippen LogP contribution in [0.3, 0.4) is 0 Å². The second kappa shape index (κ2) is 4.14. The second-order valence-corrected chi connectivity index (χ2v) is 3.32. The molecule has 0 aliphatic heterocycles. The Morgan fingerprint density at radius 1 is 1.50 bits per heavy atom. The average Bonchev–Trinajstić information content (AvgIpc) is 2.73. The summed E-state index contributed by atoms with van der Waals surface area (Å²) in [6.45, 7) is 1.95. The van der Waals surface area contributed by atoms with E-state index < -0.39 is 5.91 Å². The van der Waals surface area contributed by atoms with Gasteiger partial charge in [0, 0.05) is 6.20 Å². The molecule has 2 rings (SSSR count). The van der Waals surface area contributed by atoms with Gasteiger partial charge in [-0.05, 0) is 18.6 Å². The minimum atomic E-state index is -0.459. The van der Waals surface area contributed by atoms with E-state index in [4.69, 9.17) is 5.73 Å². The van der Waals surface area contributed by atoms with Gasteiger partial charge in [0.05, 0.1) is 17.5 Å². The Labute approximate surface area is 92.9 Å². The predicted molar refractivity (Wildman–Crippen MR) is 59.3 cm³/mol. The Hall–Kier alpha value is -2.17. The van der Waals surface area contributed by atoms with E-state index in [0.29, 0.717) is 17.8 Å². The van der Waals surface area contributed by atoms with Crippen LogP contribution < -0.4 is 5.73 Å². The smallest absolute Gasteiger partial charge is 0.252 e. The lowest BCUT2D eigenvalue weighted by molar-refractivity contribution is 0.0999. The summed E-state index contributed by atoms with van der Waals surface area (Å²) in [5, 5.41) is 4.13. The van der Waals surface area contributed by atoms with Crippen molar-refractivity contribution in [3.05, 3.63) is 41.9 Å². The van der Waals surface area contributed by atoms with Crippen LogP contribution in [0, 0.1) is 0 Å². The summed E-state index contributed by atoms with van der Waals surface area (Å²) in [7, 11) is 0. The largest absolute Gasteiger partial charge is 0.365 e. The summed E-state index contributed by atoms with van der Waals surface area (Å²) in [6.07, 6.45) is 3.84. The molecule has 0 bridgehead atoms. The number of hydrogen-bond acceptors (Lipinski definition) is 3. The first-order valence-electron chi connectivity index (χ1n) is 5.02. The summed E-state index contributed by atoms with van der Waals surface area (Å²) < 4.78 is 1.64. The molecule has 5 heteroatoms. The van der Waals surface area contributed by atoms with Crippen molar-refractivity contribution in [2.45, 2.75) is 13.3 Å². The molecular weight excluding hydrogens is 204 g/mol. The average molecular weight is 216 g/mol. The topological polar surface area (TPSA) is 73.8 Å². The predicted octanol–water partition coefficient (Wildman–Crippen LogP) is 0.929. The van der Waals surface area contributed by atoms with Gasteiger partial charge in [-0.15, -0.1) is 0 Å². The van der Waals surface area contributed by atoms with Crippen molar-refractivity contribution in [2.24, 2.45) is 5.73 Å². The molecule has 0 saturated heterocycles. The van der Waals surface area contributed by atoms with Gasteiger partial charge in [-0.25, -0.2) is 9.67 Å². The van der Waals surface area contributed by atoms with Crippen LogP contribution in [0.5, 0.6) is 0 Å². The lowest BCUT2D eigenvalue weighted by Gasteiger charge is -2.04. The Balaban J connectivity index is 2.54. The number of aromatic nitrogens is 3. The molecule has 2 N–H and O–H groups in total. The zero-order valence-corrected chi connectivity index (χ0v) is 8.92. The summed E-state index contributed by atoms with van der Waals surface area (Å²) in [4.78, 5) is 15.4. The molecule has 82 valence electrons. The van der Waals surface area contributed by atoms with E-state index in [1.807, 2.05) is 25.1 Å². The van der Waals surface area contributed by atoms with E-state index >= 15 is 0 Å². The fourth-order valence-corrected chi connectivity index (χ4v) is 1.60. The van der Waals surface area contributed by atoms with E-state index in [-0.39, 0.29) is 0 Å². The van der Waals surface area contributed by atoms with Gasteiger partial charge >= 0.3 is 0 Å². The minimum Gasteiger partial charge on any atom is -0.365 e. The van der Waals surface area contributed by atoms with Gasteiger partial charge in [-0.3, -0.25) is 4.79 Å². The number of hydrogen-bond donors (Lipinski definition) is 1. The van der Waals surface area contributed by atoms with Crippen molar-refractivity contribution < 1.29 is 4.79 Å². The lowest BCUT2D eigenvalue weighted by atomic mass is 10.2. The maximum atomic E-state index is 11.2. The van der Waals surface area contributed by atoms with Crippen molar-refractivity contribution in [2.75, 3.05) is 0 Å². The monoisotopic (exact) mass is 216 g/mol. The lowest BCUT2D eigenvalue weighted by Crippen LogP contribution is -2.13. The fraction of sp³-hybridized carbons (Fsp3) is 0.182. The van der Waals surface area contributed by atoms with Crippen LogP contribution in [0.15, 0.2) is 30.6 Å². The molecule has 2 heterocycles. The van der Waals surface area contributed by atoms with Crippen molar-refractivity contribution in [1.82, 2.24) is 14.8 Å². The number of primary amides is 1. The van der Waals surface area contributed by atoms with Gasteiger partial charge in [0.2, 0.25) is 0 Å². The van der Waals surface area contributed by atoms with Crippen LogP contribution in [0.1, 0.15) is 23.0 Å². The highest BCUT2D eigenvalue weighted by molar-refractivity contribution is 5.93. The van der Waals surface area contributed by atoms with E-state index in [2.05, 4.69) is 10.1 Å². The van der Waals surface area contributed by atoms with Crippen LogP contribution >= 0.6 is 0 Å². The summed E-state index contributed by atoms with van der Waals surface area (Å²) in [5.41, 5.74) is 6.50. The fourth-order valence-electron chi connectivity index (χ4n) is 1.60. The third-order valence-electron chi connectivity index (χ3n) is 2.34. The number of rotatable bonds is 3. The quantitative estimate of drug-likeness (QED) is 0.829. The first kappa shape index (κ1) is 10.4. The van der Waals surface area contributed by atoms with Crippen LogP contribution in [-0.2, 0) is 6.42 Å². The Bertz CT molecular complexity index is 504. The van der Waals surface area contributed by atoms with Crippen molar-refractivity contribution in [3.63, 3.8) is 0 Å². The molecule has 0 unspecified atom stereocenters. The van der Waals surface area contributed by atoms with E-state index in [0.717, 1.165) is 5.69 Å². The molecule has 1 amide bonds. The van der Waals surface area contributed by atoms with Gasteiger partial charge in [-0.1, -0.05) is 13.0 Å². The van der Waals surface area contributed by atoms with Crippen molar-refractivity contribution in [1.29, 1.82) is 0 Å². The third-order valence-corrected chi connectivity index (χ3v) is 2.34. The maximum absolute atomic E-state index is 11.2. The SMILES string of the molecule is CCc1c(C(N)=O)cnn1-c1ccccn1. The first-order valence-corrected chi connectivity index (χ1v) is 5.02. The zero-order valence-electron chi connectivity index (χ0n) is 8.92. The highest BCUT2D eigenvalue weighted by Gasteiger charge is 2.14. The standard InChI is InChI=1S/C11H12N4O/c1-2-9-8(11(12)16)7-14-15(9)10-5-3-4-6-13-10/h3-7H,2H2,1H3,(H2,12,16). The van der Waals surface area contributed by atoms with Gasteiger partial charge in [-0.2, -0.15) is 5.10 Å². The maximum Gasteiger partial charge on any atom is 0.252 e. The minimum absolute atomic E-state index is 0.452. The molecule has 0 radical (unpaired) electrons.